The number of benzene rings is 1. The maximum atomic E-state index is 12.4. The second kappa shape index (κ2) is 8.07. The lowest BCUT2D eigenvalue weighted by atomic mass is 10.0. The van der Waals surface area contributed by atoms with Gasteiger partial charge in [-0.3, -0.25) is 15.5 Å². The number of nitro groups is 1. The first kappa shape index (κ1) is 20.0. The van der Waals surface area contributed by atoms with Gasteiger partial charge in [-0.15, -0.1) is 4.83 Å². The number of hydrogen-bond acceptors (Lipinski definition) is 8. The summed E-state index contributed by atoms with van der Waals surface area (Å²) in [7, 11) is -3.92. The maximum absolute atomic E-state index is 12.4. The minimum atomic E-state index is -3.92. The highest BCUT2D eigenvalue weighted by Crippen LogP contribution is 2.34. The molecule has 1 aliphatic heterocycles. The van der Waals surface area contributed by atoms with Crippen molar-refractivity contribution in [2.75, 3.05) is 16.9 Å². The zero-order valence-corrected chi connectivity index (χ0v) is 16.4. The fourth-order valence-corrected chi connectivity index (χ4v) is 3.99. The average Bonchev–Trinajstić information content (AvgIpc) is 2.67. The third kappa shape index (κ3) is 4.20. The summed E-state index contributed by atoms with van der Waals surface area (Å²) >= 11 is 0. The minimum absolute atomic E-state index is 0.0344. The van der Waals surface area contributed by atoms with E-state index in [0.29, 0.717) is 6.54 Å². The molecule has 10 nitrogen and oxygen atoms in total. The van der Waals surface area contributed by atoms with Crippen LogP contribution >= 0.6 is 0 Å². The number of nitrogens with one attached hydrogen (secondary N) is 2. The molecule has 1 saturated heterocycles. The van der Waals surface area contributed by atoms with Crippen LogP contribution in [0.3, 0.4) is 0 Å². The predicted molar refractivity (Wildman–Crippen MR) is 104 cm³/mol. The molecule has 1 aromatic heterocycles. The number of aromatic nitrogens is 2. The second-order valence-corrected chi connectivity index (χ2v) is 8.42. The molecule has 0 bridgehead atoms. The fourth-order valence-electron chi connectivity index (χ4n) is 3.14. The van der Waals surface area contributed by atoms with Crippen molar-refractivity contribution < 1.29 is 13.3 Å². The molecule has 1 unspecified atom stereocenters. The molecule has 28 heavy (non-hydrogen) atoms. The topological polar surface area (TPSA) is 130 Å². The summed E-state index contributed by atoms with van der Waals surface area (Å²) < 4.78 is 24.9. The van der Waals surface area contributed by atoms with Gasteiger partial charge in [0.2, 0.25) is 11.6 Å². The molecule has 0 saturated carbocycles. The van der Waals surface area contributed by atoms with Gasteiger partial charge in [0.15, 0.2) is 0 Å². The molecule has 0 aliphatic carbocycles. The Labute approximate surface area is 163 Å². The Balaban J connectivity index is 1.88. The van der Waals surface area contributed by atoms with E-state index in [2.05, 4.69) is 20.2 Å². The summed E-state index contributed by atoms with van der Waals surface area (Å²) in [5.74, 6) is -0.0207. The lowest BCUT2D eigenvalue weighted by Crippen LogP contribution is -2.38. The number of hydrogen-bond donors (Lipinski definition) is 2. The van der Waals surface area contributed by atoms with E-state index in [1.165, 1.54) is 18.5 Å². The molecule has 3 rings (SSSR count). The molecule has 1 aliphatic rings. The largest absolute Gasteiger partial charge is 0.354 e. The normalized spacial score (nSPS) is 17.4. The van der Waals surface area contributed by atoms with Crippen LogP contribution in [0.4, 0.5) is 17.3 Å². The highest BCUT2D eigenvalue weighted by molar-refractivity contribution is 7.89. The van der Waals surface area contributed by atoms with Gasteiger partial charge in [-0.25, -0.2) is 18.4 Å². The van der Waals surface area contributed by atoms with Crippen molar-refractivity contribution in [3.63, 3.8) is 0 Å². The summed E-state index contributed by atoms with van der Waals surface area (Å²) in [5, 5.41) is 11.7. The molecule has 0 spiro atoms. The number of rotatable bonds is 6. The Morgan fingerprint density at radius 3 is 2.57 bits per heavy atom. The van der Waals surface area contributed by atoms with E-state index in [1.807, 2.05) is 18.7 Å². The number of anilines is 2. The van der Waals surface area contributed by atoms with E-state index < -0.39 is 14.9 Å². The SMILES string of the molecule is Cc1ccc(S(=O)(=O)NNc2ncnc(N3CCCCC3C)c2[N+](=O)[O-])cc1. The van der Waals surface area contributed by atoms with Gasteiger partial charge >= 0.3 is 5.69 Å². The Hall–Kier alpha value is -2.79. The van der Waals surface area contributed by atoms with Crippen molar-refractivity contribution in [1.82, 2.24) is 14.8 Å². The minimum Gasteiger partial charge on any atom is -0.348 e. The lowest BCUT2D eigenvalue weighted by Gasteiger charge is -2.33. The van der Waals surface area contributed by atoms with E-state index >= 15 is 0 Å². The van der Waals surface area contributed by atoms with Crippen LogP contribution in [0.5, 0.6) is 0 Å². The molecule has 0 amide bonds. The van der Waals surface area contributed by atoms with E-state index in [9.17, 15) is 18.5 Å². The molecule has 2 N–H and O–H groups in total. The van der Waals surface area contributed by atoms with Gasteiger partial charge in [0.1, 0.15) is 6.33 Å². The van der Waals surface area contributed by atoms with Crippen LogP contribution in [0.15, 0.2) is 35.5 Å². The van der Waals surface area contributed by atoms with Crippen LogP contribution < -0.4 is 15.2 Å². The highest BCUT2D eigenvalue weighted by atomic mass is 32.2. The van der Waals surface area contributed by atoms with Gasteiger partial charge in [-0.05, 0) is 45.2 Å². The Morgan fingerprint density at radius 1 is 1.21 bits per heavy atom. The number of sulfonamides is 1. The summed E-state index contributed by atoms with van der Waals surface area (Å²) in [6, 6.07) is 6.33. The summed E-state index contributed by atoms with van der Waals surface area (Å²) in [4.78, 5) is 23.1. The third-order valence-corrected chi connectivity index (χ3v) is 5.96. The van der Waals surface area contributed by atoms with Crippen LogP contribution in [-0.4, -0.2) is 35.9 Å². The van der Waals surface area contributed by atoms with E-state index in [4.69, 9.17) is 0 Å². The molecular formula is C17H22N6O4S. The van der Waals surface area contributed by atoms with Gasteiger partial charge in [-0.1, -0.05) is 17.7 Å². The predicted octanol–water partition coefficient (Wildman–Crippen LogP) is 2.38. The summed E-state index contributed by atoms with van der Waals surface area (Å²) in [6.45, 7) is 4.47. The maximum Gasteiger partial charge on any atom is 0.354 e. The van der Waals surface area contributed by atoms with E-state index in [0.717, 1.165) is 24.8 Å². The van der Waals surface area contributed by atoms with Crippen LogP contribution in [0.1, 0.15) is 31.7 Å². The smallest absolute Gasteiger partial charge is 0.348 e. The molecule has 2 heterocycles. The Kier molecular flexibility index (Phi) is 5.75. The van der Waals surface area contributed by atoms with Crippen LogP contribution in [0, 0.1) is 17.0 Å². The molecule has 0 radical (unpaired) electrons. The molecule has 1 atom stereocenters. The fraction of sp³-hybridized carbons (Fsp3) is 0.412. The zero-order valence-electron chi connectivity index (χ0n) is 15.6. The van der Waals surface area contributed by atoms with Gasteiger partial charge in [0.05, 0.1) is 9.82 Å². The van der Waals surface area contributed by atoms with Gasteiger partial charge in [0.25, 0.3) is 10.0 Å². The number of nitrogens with zero attached hydrogens (tertiary/aromatic N) is 4. The molecule has 1 fully saturated rings. The number of piperidine rings is 1. The molecular weight excluding hydrogens is 384 g/mol. The first-order valence-corrected chi connectivity index (χ1v) is 10.4. The molecule has 150 valence electrons. The van der Waals surface area contributed by atoms with Crippen LogP contribution in [-0.2, 0) is 10.0 Å². The monoisotopic (exact) mass is 406 g/mol. The van der Waals surface area contributed by atoms with Gasteiger partial charge < -0.3 is 4.90 Å². The zero-order chi connectivity index (χ0) is 20.3. The highest BCUT2D eigenvalue weighted by Gasteiger charge is 2.31. The molecule has 11 heteroatoms. The van der Waals surface area contributed by atoms with Crippen molar-refractivity contribution in [3.05, 3.63) is 46.3 Å². The first-order chi connectivity index (χ1) is 13.3. The number of hydrazine groups is 1. The second-order valence-electron chi connectivity index (χ2n) is 6.73. The van der Waals surface area contributed by atoms with Crippen LogP contribution in [0.25, 0.3) is 0 Å². The van der Waals surface area contributed by atoms with E-state index in [-0.39, 0.29) is 28.3 Å². The molecule has 1 aromatic carbocycles. The van der Waals surface area contributed by atoms with Crippen LogP contribution in [0.2, 0.25) is 0 Å². The quantitative estimate of drug-likeness (QED) is 0.552. The lowest BCUT2D eigenvalue weighted by molar-refractivity contribution is -0.383. The average molecular weight is 406 g/mol. The Bertz CT molecular complexity index is 964. The Morgan fingerprint density at radius 2 is 1.93 bits per heavy atom. The molecule has 2 aromatic rings. The van der Waals surface area contributed by atoms with E-state index in [1.54, 1.807) is 12.1 Å². The third-order valence-electron chi connectivity index (χ3n) is 4.70. The summed E-state index contributed by atoms with van der Waals surface area (Å²) in [6.07, 6.45) is 4.06. The van der Waals surface area contributed by atoms with Crippen molar-refractivity contribution in [3.8, 4) is 0 Å². The summed E-state index contributed by atoms with van der Waals surface area (Å²) in [5.41, 5.74) is 2.94. The van der Waals surface area contributed by atoms with Crippen molar-refractivity contribution in [1.29, 1.82) is 0 Å². The van der Waals surface area contributed by atoms with Crippen molar-refractivity contribution >= 4 is 27.3 Å². The van der Waals surface area contributed by atoms with Crippen molar-refractivity contribution in [2.24, 2.45) is 0 Å². The van der Waals surface area contributed by atoms with Gasteiger partial charge in [-0.2, -0.15) is 0 Å². The standard InChI is InChI=1S/C17H22N6O4S/c1-12-6-8-14(9-7-12)28(26,27)21-20-16-15(23(24)25)17(19-11-18-16)22-10-4-3-5-13(22)2/h6-9,11,13,21H,3-5,10H2,1-2H3,(H,18,19,20). The van der Waals surface area contributed by atoms with Gasteiger partial charge in [0, 0.05) is 12.6 Å². The number of aryl methyl sites for hydroxylation is 1. The first-order valence-electron chi connectivity index (χ1n) is 8.90. The van der Waals surface area contributed by atoms with Crippen molar-refractivity contribution in [2.45, 2.75) is 44.0 Å².